The molecule has 0 aliphatic rings. The summed E-state index contributed by atoms with van der Waals surface area (Å²) in [5.41, 5.74) is 1.19. The number of halogens is 1. The third kappa shape index (κ3) is 4.87. The van der Waals surface area contributed by atoms with Gasteiger partial charge in [-0.15, -0.1) is 0 Å². The summed E-state index contributed by atoms with van der Waals surface area (Å²) < 4.78 is 0. The van der Waals surface area contributed by atoms with E-state index >= 15 is 0 Å². The van der Waals surface area contributed by atoms with Gasteiger partial charge in [-0.25, -0.2) is 0 Å². The SMILES string of the molecule is CNC(=O)c1cccc(NC(=O)CCCCBr)c1. The number of carbonyl (C=O) groups excluding carboxylic acids is 2. The molecule has 0 aliphatic carbocycles. The van der Waals surface area contributed by atoms with Crippen LogP contribution in [0.3, 0.4) is 0 Å². The van der Waals surface area contributed by atoms with Gasteiger partial charge in [-0.1, -0.05) is 22.0 Å². The van der Waals surface area contributed by atoms with Gasteiger partial charge in [-0.2, -0.15) is 0 Å². The standard InChI is InChI=1S/C13H17BrN2O2/c1-15-13(18)10-5-4-6-11(9-10)16-12(17)7-2-3-8-14/h4-6,9H,2-3,7-8H2,1H3,(H,15,18)(H,16,17). The molecule has 0 saturated heterocycles. The van der Waals surface area contributed by atoms with E-state index < -0.39 is 0 Å². The molecular formula is C13H17BrN2O2. The lowest BCUT2D eigenvalue weighted by molar-refractivity contribution is -0.116. The van der Waals surface area contributed by atoms with Crippen molar-refractivity contribution >= 4 is 33.4 Å². The van der Waals surface area contributed by atoms with E-state index in [4.69, 9.17) is 0 Å². The highest BCUT2D eigenvalue weighted by atomic mass is 79.9. The summed E-state index contributed by atoms with van der Waals surface area (Å²) >= 11 is 3.32. The van der Waals surface area contributed by atoms with Crippen molar-refractivity contribution in [1.29, 1.82) is 0 Å². The van der Waals surface area contributed by atoms with Crippen LogP contribution in [0, 0.1) is 0 Å². The highest BCUT2D eigenvalue weighted by molar-refractivity contribution is 9.09. The van der Waals surface area contributed by atoms with Crippen LogP contribution in [0.4, 0.5) is 5.69 Å². The van der Waals surface area contributed by atoms with E-state index in [0.29, 0.717) is 17.7 Å². The topological polar surface area (TPSA) is 58.2 Å². The van der Waals surface area contributed by atoms with Crippen LogP contribution < -0.4 is 10.6 Å². The average molecular weight is 313 g/mol. The molecule has 0 fully saturated rings. The number of carbonyl (C=O) groups is 2. The molecule has 4 nitrogen and oxygen atoms in total. The fraction of sp³-hybridized carbons (Fsp3) is 0.385. The molecule has 1 aromatic carbocycles. The van der Waals surface area contributed by atoms with Crippen LogP contribution in [0.2, 0.25) is 0 Å². The second-order valence-electron chi connectivity index (χ2n) is 3.85. The Labute approximate surface area is 115 Å². The average Bonchev–Trinajstić information content (AvgIpc) is 2.38. The summed E-state index contributed by atoms with van der Waals surface area (Å²) in [6.45, 7) is 0. The van der Waals surface area contributed by atoms with Crippen molar-refractivity contribution in [2.24, 2.45) is 0 Å². The van der Waals surface area contributed by atoms with Gasteiger partial charge in [-0.3, -0.25) is 9.59 Å². The third-order valence-electron chi connectivity index (χ3n) is 2.42. The van der Waals surface area contributed by atoms with Crippen molar-refractivity contribution in [2.75, 3.05) is 17.7 Å². The Balaban J connectivity index is 2.56. The number of nitrogens with one attached hydrogen (secondary N) is 2. The zero-order valence-corrected chi connectivity index (χ0v) is 11.9. The molecule has 2 N–H and O–H groups in total. The molecule has 0 atom stereocenters. The predicted octanol–water partition coefficient (Wildman–Crippen LogP) is 2.55. The third-order valence-corrected chi connectivity index (χ3v) is 2.98. The monoisotopic (exact) mass is 312 g/mol. The zero-order chi connectivity index (χ0) is 13.4. The molecule has 5 heteroatoms. The van der Waals surface area contributed by atoms with Gasteiger partial charge in [0.25, 0.3) is 5.91 Å². The van der Waals surface area contributed by atoms with Gasteiger partial charge in [0.2, 0.25) is 5.91 Å². The Bertz CT molecular complexity index is 421. The van der Waals surface area contributed by atoms with Gasteiger partial charge in [0.05, 0.1) is 0 Å². The second kappa shape index (κ2) is 7.87. The molecular weight excluding hydrogens is 296 g/mol. The highest BCUT2D eigenvalue weighted by Gasteiger charge is 2.06. The quantitative estimate of drug-likeness (QED) is 0.626. The van der Waals surface area contributed by atoms with Crippen LogP contribution in [0.25, 0.3) is 0 Å². The molecule has 98 valence electrons. The van der Waals surface area contributed by atoms with Crippen molar-refractivity contribution in [2.45, 2.75) is 19.3 Å². The fourth-order valence-electron chi connectivity index (χ4n) is 1.49. The first kappa shape index (κ1) is 14.7. The molecule has 1 aromatic rings. The molecule has 1 rings (SSSR count). The van der Waals surface area contributed by atoms with Crippen LogP contribution in [0.5, 0.6) is 0 Å². The van der Waals surface area contributed by atoms with Crippen LogP contribution in [-0.4, -0.2) is 24.2 Å². The van der Waals surface area contributed by atoms with Crippen molar-refractivity contribution in [3.63, 3.8) is 0 Å². The van der Waals surface area contributed by atoms with Crippen LogP contribution in [0.1, 0.15) is 29.6 Å². The second-order valence-corrected chi connectivity index (χ2v) is 4.65. The minimum Gasteiger partial charge on any atom is -0.355 e. The Morgan fingerprint density at radius 1 is 1.28 bits per heavy atom. The molecule has 0 spiro atoms. The van der Waals surface area contributed by atoms with E-state index in [-0.39, 0.29) is 11.8 Å². The Morgan fingerprint density at radius 3 is 2.72 bits per heavy atom. The van der Waals surface area contributed by atoms with Gasteiger partial charge >= 0.3 is 0 Å². The molecule has 0 unspecified atom stereocenters. The Kier molecular flexibility index (Phi) is 6.43. The number of anilines is 1. The fourth-order valence-corrected chi connectivity index (χ4v) is 1.88. The molecule has 0 radical (unpaired) electrons. The minimum atomic E-state index is -0.162. The van der Waals surface area contributed by atoms with Crippen LogP contribution >= 0.6 is 15.9 Å². The number of hydrogen-bond acceptors (Lipinski definition) is 2. The number of hydrogen-bond donors (Lipinski definition) is 2. The number of amides is 2. The number of alkyl halides is 1. The first-order valence-corrected chi connectivity index (χ1v) is 6.97. The largest absolute Gasteiger partial charge is 0.355 e. The normalized spacial score (nSPS) is 9.89. The summed E-state index contributed by atoms with van der Waals surface area (Å²) in [6.07, 6.45) is 2.33. The summed E-state index contributed by atoms with van der Waals surface area (Å²) in [5, 5.41) is 6.24. The molecule has 0 aromatic heterocycles. The minimum absolute atomic E-state index is 0.0231. The Morgan fingerprint density at radius 2 is 2.06 bits per heavy atom. The maximum atomic E-state index is 11.6. The van der Waals surface area contributed by atoms with E-state index in [9.17, 15) is 9.59 Å². The first-order valence-electron chi connectivity index (χ1n) is 5.85. The number of unbranched alkanes of at least 4 members (excludes halogenated alkanes) is 1. The van der Waals surface area contributed by atoms with E-state index in [0.717, 1.165) is 18.2 Å². The van der Waals surface area contributed by atoms with Crippen molar-refractivity contribution < 1.29 is 9.59 Å². The highest BCUT2D eigenvalue weighted by Crippen LogP contribution is 2.11. The first-order chi connectivity index (χ1) is 8.67. The predicted molar refractivity (Wildman–Crippen MR) is 76.1 cm³/mol. The van der Waals surface area contributed by atoms with Gasteiger partial charge < -0.3 is 10.6 Å². The molecule has 18 heavy (non-hydrogen) atoms. The van der Waals surface area contributed by atoms with Gasteiger partial charge in [-0.05, 0) is 31.0 Å². The van der Waals surface area contributed by atoms with Crippen molar-refractivity contribution in [1.82, 2.24) is 5.32 Å². The summed E-state index contributed by atoms with van der Waals surface area (Å²) in [6, 6.07) is 6.90. The summed E-state index contributed by atoms with van der Waals surface area (Å²) in [4.78, 5) is 23.0. The van der Waals surface area contributed by atoms with E-state index in [1.54, 1.807) is 31.3 Å². The maximum Gasteiger partial charge on any atom is 0.251 e. The molecule has 0 bridgehead atoms. The molecule has 0 saturated carbocycles. The van der Waals surface area contributed by atoms with E-state index in [1.165, 1.54) is 0 Å². The van der Waals surface area contributed by atoms with Gasteiger partial charge in [0.1, 0.15) is 0 Å². The van der Waals surface area contributed by atoms with Gasteiger partial charge in [0, 0.05) is 30.0 Å². The summed E-state index contributed by atoms with van der Waals surface area (Å²) in [5.74, 6) is -0.185. The molecule has 0 aliphatic heterocycles. The summed E-state index contributed by atoms with van der Waals surface area (Å²) in [7, 11) is 1.58. The number of benzene rings is 1. The van der Waals surface area contributed by atoms with Crippen molar-refractivity contribution in [3.05, 3.63) is 29.8 Å². The smallest absolute Gasteiger partial charge is 0.251 e. The van der Waals surface area contributed by atoms with E-state index in [2.05, 4.69) is 26.6 Å². The number of rotatable bonds is 6. The molecule has 2 amide bonds. The lowest BCUT2D eigenvalue weighted by atomic mass is 10.2. The van der Waals surface area contributed by atoms with E-state index in [1.807, 2.05) is 0 Å². The van der Waals surface area contributed by atoms with Gasteiger partial charge in [0.15, 0.2) is 0 Å². The maximum absolute atomic E-state index is 11.6. The lowest BCUT2D eigenvalue weighted by Crippen LogP contribution is -2.18. The van der Waals surface area contributed by atoms with Crippen LogP contribution in [0.15, 0.2) is 24.3 Å². The van der Waals surface area contributed by atoms with Crippen LogP contribution in [-0.2, 0) is 4.79 Å². The van der Waals surface area contributed by atoms with Crippen molar-refractivity contribution in [3.8, 4) is 0 Å². The lowest BCUT2D eigenvalue weighted by Gasteiger charge is -2.06. The molecule has 0 heterocycles. The Hall–Kier alpha value is -1.36. The zero-order valence-electron chi connectivity index (χ0n) is 10.3.